The van der Waals surface area contributed by atoms with Gasteiger partial charge in [0.2, 0.25) is 11.8 Å². The minimum atomic E-state index is -0.319. The van der Waals surface area contributed by atoms with Gasteiger partial charge in [-0.25, -0.2) is 9.37 Å². The molecule has 0 saturated heterocycles. The number of anilines is 1. The van der Waals surface area contributed by atoms with Crippen molar-refractivity contribution < 1.29 is 14.0 Å². The summed E-state index contributed by atoms with van der Waals surface area (Å²) in [5.41, 5.74) is 2.98. The van der Waals surface area contributed by atoms with Crippen molar-refractivity contribution in [1.82, 2.24) is 10.3 Å². The Hall–Kier alpha value is -2.28. The molecule has 1 saturated carbocycles. The summed E-state index contributed by atoms with van der Waals surface area (Å²) >= 11 is 1.31. The number of halogens is 1. The molecule has 1 aromatic heterocycles. The fraction of sp³-hybridized carbons (Fsp3) is 0.353. The van der Waals surface area contributed by atoms with Gasteiger partial charge in [-0.05, 0) is 36.6 Å². The van der Waals surface area contributed by atoms with Crippen LogP contribution in [0.1, 0.15) is 19.8 Å². The molecule has 1 heterocycles. The summed E-state index contributed by atoms with van der Waals surface area (Å²) in [7, 11) is 0. The van der Waals surface area contributed by atoms with Crippen LogP contribution in [0.5, 0.6) is 0 Å². The number of nitrogens with zero attached hydrogens (tertiary/aromatic N) is 1. The molecule has 2 N–H and O–H groups in total. The molecule has 0 radical (unpaired) electrons. The van der Waals surface area contributed by atoms with Crippen LogP contribution < -0.4 is 10.6 Å². The van der Waals surface area contributed by atoms with Gasteiger partial charge in [-0.3, -0.25) is 9.59 Å². The number of aromatic nitrogens is 1. The monoisotopic (exact) mass is 347 g/mol. The molecule has 2 aromatic rings. The summed E-state index contributed by atoms with van der Waals surface area (Å²) in [5.74, 6) is 0.0843. The van der Waals surface area contributed by atoms with E-state index in [1.54, 1.807) is 17.6 Å². The van der Waals surface area contributed by atoms with Crippen LogP contribution in [0.3, 0.4) is 0 Å². The average Bonchev–Trinajstić information content (AvgIpc) is 3.11. The molecule has 2 atom stereocenters. The Morgan fingerprint density at radius 1 is 1.33 bits per heavy atom. The largest absolute Gasteiger partial charge is 0.355 e. The Morgan fingerprint density at radius 2 is 2.04 bits per heavy atom. The summed E-state index contributed by atoms with van der Waals surface area (Å²) in [4.78, 5) is 28.0. The van der Waals surface area contributed by atoms with Crippen molar-refractivity contribution in [2.24, 2.45) is 11.8 Å². The van der Waals surface area contributed by atoms with Gasteiger partial charge in [0.25, 0.3) is 0 Å². The van der Waals surface area contributed by atoms with Gasteiger partial charge < -0.3 is 10.6 Å². The van der Waals surface area contributed by atoms with Crippen LogP contribution in [0.25, 0.3) is 11.3 Å². The number of thiazole rings is 1. The third-order valence-corrected chi connectivity index (χ3v) is 4.78. The Balaban J connectivity index is 1.52. The Bertz CT molecular complexity index is 745. The molecule has 1 aromatic carbocycles. The van der Waals surface area contributed by atoms with Gasteiger partial charge >= 0.3 is 0 Å². The fourth-order valence-electron chi connectivity index (χ4n) is 2.46. The van der Waals surface area contributed by atoms with Gasteiger partial charge in [0.05, 0.1) is 5.51 Å². The standard InChI is InChI=1S/C17H18FN3O2S/c1-10-8-13(10)16(23)19-7-6-14(22)21-17-15(20-9-24-17)11-2-4-12(18)5-3-11/h2-5,9-10,13H,6-8H2,1H3,(H,19,23)(H,21,22)/t10-,13+/m1/s1. The molecule has 1 fully saturated rings. The highest BCUT2D eigenvalue weighted by molar-refractivity contribution is 7.14. The number of hydrogen-bond acceptors (Lipinski definition) is 4. The number of amides is 2. The molecular weight excluding hydrogens is 329 g/mol. The van der Waals surface area contributed by atoms with Crippen LogP contribution in [0, 0.1) is 17.7 Å². The molecule has 3 rings (SSSR count). The lowest BCUT2D eigenvalue weighted by Gasteiger charge is -2.07. The summed E-state index contributed by atoms with van der Waals surface area (Å²) in [5, 5.41) is 6.21. The zero-order valence-corrected chi connectivity index (χ0v) is 14.0. The number of carbonyl (C=O) groups is 2. The number of carbonyl (C=O) groups excluding carboxylic acids is 2. The van der Waals surface area contributed by atoms with Gasteiger partial charge in [0.1, 0.15) is 16.5 Å². The lowest BCUT2D eigenvalue weighted by molar-refractivity contribution is -0.122. The summed E-state index contributed by atoms with van der Waals surface area (Å²) in [6, 6.07) is 5.96. The Labute approximate surface area is 143 Å². The van der Waals surface area contributed by atoms with E-state index < -0.39 is 0 Å². The van der Waals surface area contributed by atoms with Crippen molar-refractivity contribution in [2.45, 2.75) is 19.8 Å². The van der Waals surface area contributed by atoms with Crippen LogP contribution in [-0.4, -0.2) is 23.3 Å². The Morgan fingerprint density at radius 3 is 2.71 bits per heavy atom. The molecule has 7 heteroatoms. The van der Waals surface area contributed by atoms with Crippen molar-refractivity contribution in [1.29, 1.82) is 0 Å². The van der Waals surface area contributed by atoms with E-state index in [1.165, 1.54) is 23.5 Å². The maximum Gasteiger partial charge on any atom is 0.226 e. The van der Waals surface area contributed by atoms with Gasteiger partial charge in [0.15, 0.2) is 0 Å². The summed E-state index contributed by atoms with van der Waals surface area (Å²) in [6.07, 6.45) is 1.13. The quantitative estimate of drug-likeness (QED) is 0.844. The first-order valence-electron chi connectivity index (χ1n) is 7.81. The van der Waals surface area contributed by atoms with Gasteiger partial charge in [-0.15, -0.1) is 11.3 Å². The first-order chi connectivity index (χ1) is 11.5. The van der Waals surface area contributed by atoms with E-state index in [1.807, 2.05) is 6.92 Å². The predicted molar refractivity (Wildman–Crippen MR) is 91.0 cm³/mol. The molecule has 0 aliphatic heterocycles. The molecule has 126 valence electrons. The molecule has 2 amide bonds. The number of benzene rings is 1. The van der Waals surface area contributed by atoms with E-state index in [9.17, 15) is 14.0 Å². The van der Waals surface area contributed by atoms with Crippen LogP contribution in [-0.2, 0) is 9.59 Å². The van der Waals surface area contributed by atoms with Crippen LogP contribution in [0.2, 0.25) is 0 Å². The van der Waals surface area contributed by atoms with E-state index in [4.69, 9.17) is 0 Å². The highest BCUT2D eigenvalue weighted by Crippen LogP contribution is 2.37. The summed E-state index contributed by atoms with van der Waals surface area (Å²) < 4.78 is 13.0. The molecule has 0 spiro atoms. The molecule has 1 aliphatic rings. The third kappa shape index (κ3) is 3.97. The highest BCUT2D eigenvalue weighted by atomic mass is 32.1. The van der Waals surface area contributed by atoms with E-state index in [-0.39, 0.29) is 30.0 Å². The maximum absolute atomic E-state index is 13.0. The van der Waals surface area contributed by atoms with Gasteiger partial charge in [0, 0.05) is 24.4 Å². The zero-order chi connectivity index (χ0) is 17.1. The highest BCUT2D eigenvalue weighted by Gasteiger charge is 2.38. The smallest absolute Gasteiger partial charge is 0.226 e. The lowest BCUT2D eigenvalue weighted by atomic mass is 10.1. The molecule has 0 bridgehead atoms. The van der Waals surface area contributed by atoms with Gasteiger partial charge in [-0.2, -0.15) is 0 Å². The number of hydrogen-bond donors (Lipinski definition) is 2. The first kappa shape index (κ1) is 16.6. The van der Waals surface area contributed by atoms with E-state index in [0.29, 0.717) is 23.2 Å². The predicted octanol–water partition coefficient (Wildman–Crippen LogP) is 3.05. The Kier molecular flexibility index (Phi) is 4.89. The van der Waals surface area contributed by atoms with Gasteiger partial charge in [-0.1, -0.05) is 6.92 Å². The number of rotatable bonds is 6. The van der Waals surface area contributed by atoms with Crippen LogP contribution >= 0.6 is 11.3 Å². The third-order valence-electron chi connectivity index (χ3n) is 4.04. The SMILES string of the molecule is C[C@@H]1C[C@@H]1C(=O)NCCC(=O)Nc1scnc1-c1ccc(F)cc1. The van der Waals surface area contributed by atoms with Crippen molar-refractivity contribution in [2.75, 3.05) is 11.9 Å². The maximum atomic E-state index is 13.0. The molecule has 1 aliphatic carbocycles. The van der Waals surface area contributed by atoms with Crippen LogP contribution in [0.15, 0.2) is 29.8 Å². The minimum Gasteiger partial charge on any atom is -0.355 e. The normalized spacial score (nSPS) is 18.9. The number of nitrogens with one attached hydrogen (secondary N) is 2. The lowest BCUT2D eigenvalue weighted by Crippen LogP contribution is -2.29. The van der Waals surface area contributed by atoms with Crippen molar-refractivity contribution in [3.63, 3.8) is 0 Å². The average molecular weight is 347 g/mol. The van der Waals surface area contributed by atoms with E-state index in [2.05, 4.69) is 15.6 Å². The second-order valence-electron chi connectivity index (χ2n) is 5.95. The zero-order valence-electron chi connectivity index (χ0n) is 13.2. The first-order valence-corrected chi connectivity index (χ1v) is 8.69. The topological polar surface area (TPSA) is 71.1 Å². The van der Waals surface area contributed by atoms with Crippen molar-refractivity contribution in [3.05, 3.63) is 35.6 Å². The van der Waals surface area contributed by atoms with E-state index >= 15 is 0 Å². The van der Waals surface area contributed by atoms with Crippen molar-refractivity contribution in [3.8, 4) is 11.3 Å². The van der Waals surface area contributed by atoms with Crippen LogP contribution in [0.4, 0.5) is 9.39 Å². The fourth-order valence-corrected chi connectivity index (χ4v) is 3.17. The molecule has 24 heavy (non-hydrogen) atoms. The molecular formula is C17H18FN3O2S. The minimum absolute atomic E-state index is 0.0279. The summed E-state index contributed by atoms with van der Waals surface area (Å²) in [6.45, 7) is 2.36. The second kappa shape index (κ2) is 7.09. The van der Waals surface area contributed by atoms with E-state index in [0.717, 1.165) is 12.0 Å². The molecule has 0 unspecified atom stereocenters. The second-order valence-corrected chi connectivity index (χ2v) is 6.80. The molecule has 5 nitrogen and oxygen atoms in total. The van der Waals surface area contributed by atoms with Crippen molar-refractivity contribution >= 4 is 28.2 Å².